The van der Waals surface area contributed by atoms with Crippen LogP contribution in [0.3, 0.4) is 0 Å². The van der Waals surface area contributed by atoms with Crippen LogP contribution in [-0.2, 0) is 18.0 Å². The lowest BCUT2D eigenvalue weighted by molar-refractivity contribution is 0.0472. The van der Waals surface area contributed by atoms with Crippen molar-refractivity contribution < 1.29 is 23.0 Å². The van der Waals surface area contributed by atoms with Gasteiger partial charge in [-0.25, -0.2) is 13.6 Å². The summed E-state index contributed by atoms with van der Waals surface area (Å²) in [7, 11) is 0. The zero-order valence-electron chi connectivity index (χ0n) is 13.8. The Labute approximate surface area is 149 Å². The number of rotatable bonds is 6. The fourth-order valence-corrected chi connectivity index (χ4v) is 2.27. The van der Waals surface area contributed by atoms with E-state index < -0.39 is 5.97 Å². The zero-order valence-corrected chi connectivity index (χ0v) is 13.8. The number of hydrogen-bond acceptors (Lipinski definition) is 3. The van der Waals surface area contributed by atoms with Gasteiger partial charge in [0.25, 0.3) is 0 Å². The number of carbonyl (C=O) groups is 1. The van der Waals surface area contributed by atoms with Gasteiger partial charge in [-0.3, -0.25) is 0 Å². The smallest absolute Gasteiger partial charge is 0.338 e. The van der Waals surface area contributed by atoms with Gasteiger partial charge in [-0.05, 0) is 53.6 Å². The lowest BCUT2D eigenvalue weighted by Gasteiger charge is -2.09. The summed E-state index contributed by atoms with van der Waals surface area (Å²) in [5, 5.41) is 0. The van der Waals surface area contributed by atoms with Gasteiger partial charge in [-0.15, -0.1) is 0 Å². The van der Waals surface area contributed by atoms with Crippen molar-refractivity contribution in [3.05, 3.63) is 101 Å². The van der Waals surface area contributed by atoms with Crippen molar-refractivity contribution in [2.45, 2.75) is 13.2 Å². The molecule has 0 unspecified atom stereocenters. The van der Waals surface area contributed by atoms with Crippen LogP contribution in [0.2, 0.25) is 0 Å². The Morgan fingerprint density at radius 1 is 0.769 bits per heavy atom. The summed E-state index contributed by atoms with van der Waals surface area (Å²) >= 11 is 0. The van der Waals surface area contributed by atoms with Gasteiger partial charge in [-0.1, -0.05) is 30.3 Å². The zero-order chi connectivity index (χ0) is 18.4. The van der Waals surface area contributed by atoms with Crippen molar-refractivity contribution in [3.63, 3.8) is 0 Å². The first-order chi connectivity index (χ1) is 12.6. The second-order valence-corrected chi connectivity index (χ2v) is 5.65. The lowest BCUT2D eigenvalue weighted by atomic mass is 10.2. The number of carbonyl (C=O) groups excluding carboxylic acids is 1. The number of benzene rings is 3. The molecular formula is C21H16F2O3. The third kappa shape index (κ3) is 4.89. The van der Waals surface area contributed by atoms with Gasteiger partial charge in [0.1, 0.15) is 30.6 Å². The van der Waals surface area contributed by atoms with Crippen LogP contribution in [0.4, 0.5) is 8.78 Å². The average Bonchev–Trinajstić information content (AvgIpc) is 2.67. The van der Waals surface area contributed by atoms with E-state index in [0.29, 0.717) is 16.9 Å². The Morgan fingerprint density at radius 3 is 1.96 bits per heavy atom. The molecule has 0 fully saturated rings. The highest BCUT2D eigenvalue weighted by Gasteiger charge is 2.09. The van der Waals surface area contributed by atoms with Crippen LogP contribution in [0, 0.1) is 11.6 Å². The molecule has 0 aliphatic carbocycles. The number of ether oxygens (including phenoxy) is 2. The Hall–Kier alpha value is -3.21. The summed E-state index contributed by atoms with van der Waals surface area (Å²) in [4.78, 5) is 12.2. The molecule has 0 amide bonds. The summed E-state index contributed by atoms with van der Waals surface area (Å²) in [6.07, 6.45) is 0. The Balaban J connectivity index is 1.58. The topological polar surface area (TPSA) is 35.5 Å². The predicted molar refractivity (Wildman–Crippen MR) is 92.7 cm³/mol. The van der Waals surface area contributed by atoms with E-state index in [1.807, 2.05) is 0 Å². The van der Waals surface area contributed by atoms with Gasteiger partial charge in [-0.2, -0.15) is 0 Å². The van der Waals surface area contributed by atoms with Crippen LogP contribution in [0.1, 0.15) is 21.5 Å². The molecule has 132 valence electrons. The molecule has 0 aliphatic rings. The van der Waals surface area contributed by atoms with Crippen LogP contribution in [-0.4, -0.2) is 5.97 Å². The monoisotopic (exact) mass is 354 g/mol. The van der Waals surface area contributed by atoms with Gasteiger partial charge in [0, 0.05) is 0 Å². The summed E-state index contributed by atoms with van der Waals surface area (Å²) in [5.41, 5.74) is 1.86. The van der Waals surface area contributed by atoms with Crippen LogP contribution < -0.4 is 4.74 Å². The standard InChI is InChI=1S/C21H16F2O3/c22-18-8-4-15(5-9-18)13-25-20-3-1-2-17(12-20)21(24)26-14-16-6-10-19(23)11-7-16/h1-12H,13-14H2. The molecule has 3 aromatic rings. The quantitative estimate of drug-likeness (QED) is 0.591. The van der Waals surface area contributed by atoms with Crippen molar-refractivity contribution in [1.82, 2.24) is 0 Å². The molecule has 0 radical (unpaired) electrons. The van der Waals surface area contributed by atoms with E-state index in [9.17, 15) is 13.6 Å². The third-order valence-electron chi connectivity index (χ3n) is 3.67. The molecule has 0 atom stereocenters. The van der Waals surface area contributed by atoms with Crippen LogP contribution in [0.25, 0.3) is 0 Å². The minimum atomic E-state index is -0.499. The minimum absolute atomic E-state index is 0.0553. The van der Waals surface area contributed by atoms with Gasteiger partial charge in [0.15, 0.2) is 0 Å². The molecule has 0 spiro atoms. The normalized spacial score (nSPS) is 10.4. The van der Waals surface area contributed by atoms with E-state index in [4.69, 9.17) is 9.47 Å². The first-order valence-electron chi connectivity index (χ1n) is 7.99. The fraction of sp³-hybridized carbons (Fsp3) is 0.0952. The molecule has 5 heteroatoms. The van der Waals surface area contributed by atoms with Gasteiger partial charge < -0.3 is 9.47 Å². The highest BCUT2D eigenvalue weighted by Crippen LogP contribution is 2.17. The first-order valence-corrected chi connectivity index (χ1v) is 7.99. The fourth-order valence-electron chi connectivity index (χ4n) is 2.27. The maximum atomic E-state index is 12.9. The van der Waals surface area contributed by atoms with E-state index in [-0.39, 0.29) is 24.8 Å². The Kier molecular flexibility index (Phi) is 5.59. The van der Waals surface area contributed by atoms with E-state index in [1.54, 1.807) is 48.5 Å². The molecule has 0 saturated heterocycles. The molecule has 26 heavy (non-hydrogen) atoms. The second kappa shape index (κ2) is 8.25. The summed E-state index contributed by atoms with van der Waals surface area (Å²) in [5.74, 6) is -0.641. The highest BCUT2D eigenvalue weighted by molar-refractivity contribution is 5.89. The molecular weight excluding hydrogens is 338 g/mol. The summed E-state index contributed by atoms with van der Waals surface area (Å²) in [6.45, 7) is 0.314. The lowest BCUT2D eigenvalue weighted by Crippen LogP contribution is -2.06. The van der Waals surface area contributed by atoms with Crippen molar-refractivity contribution in [1.29, 1.82) is 0 Å². The molecule has 3 rings (SSSR count). The Morgan fingerprint density at radius 2 is 1.35 bits per heavy atom. The van der Waals surface area contributed by atoms with E-state index in [1.165, 1.54) is 24.3 Å². The van der Waals surface area contributed by atoms with Crippen molar-refractivity contribution in [2.24, 2.45) is 0 Å². The molecule has 3 aromatic carbocycles. The van der Waals surface area contributed by atoms with Crippen molar-refractivity contribution in [2.75, 3.05) is 0 Å². The van der Waals surface area contributed by atoms with Crippen LogP contribution in [0.15, 0.2) is 72.8 Å². The van der Waals surface area contributed by atoms with E-state index >= 15 is 0 Å². The molecule has 0 N–H and O–H groups in total. The predicted octanol–water partition coefficient (Wildman–Crippen LogP) is 4.90. The maximum absolute atomic E-state index is 12.9. The van der Waals surface area contributed by atoms with Gasteiger partial charge >= 0.3 is 5.97 Å². The minimum Gasteiger partial charge on any atom is -0.489 e. The number of hydrogen-bond donors (Lipinski definition) is 0. The summed E-state index contributed by atoms with van der Waals surface area (Å²) < 4.78 is 36.6. The van der Waals surface area contributed by atoms with Crippen molar-refractivity contribution >= 4 is 5.97 Å². The Bertz CT molecular complexity index is 875. The first kappa shape index (κ1) is 17.6. The molecule has 0 bridgehead atoms. The van der Waals surface area contributed by atoms with E-state index in [2.05, 4.69) is 0 Å². The largest absolute Gasteiger partial charge is 0.489 e. The van der Waals surface area contributed by atoms with Crippen LogP contribution >= 0.6 is 0 Å². The van der Waals surface area contributed by atoms with Gasteiger partial charge in [0.05, 0.1) is 5.56 Å². The third-order valence-corrected chi connectivity index (χ3v) is 3.67. The second-order valence-electron chi connectivity index (χ2n) is 5.65. The average molecular weight is 354 g/mol. The molecule has 3 nitrogen and oxygen atoms in total. The van der Waals surface area contributed by atoms with Gasteiger partial charge in [0.2, 0.25) is 0 Å². The molecule has 0 saturated carbocycles. The number of halogens is 2. The number of esters is 1. The molecule has 0 aliphatic heterocycles. The molecule has 0 heterocycles. The van der Waals surface area contributed by atoms with E-state index in [0.717, 1.165) is 5.56 Å². The summed E-state index contributed by atoms with van der Waals surface area (Å²) in [6, 6.07) is 18.4. The maximum Gasteiger partial charge on any atom is 0.338 e. The SMILES string of the molecule is O=C(OCc1ccc(F)cc1)c1cccc(OCc2ccc(F)cc2)c1. The molecule has 0 aromatic heterocycles. The van der Waals surface area contributed by atoms with Crippen LogP contribution in [0.5, 0.6) is 5.75 Å². The highest BCUT2D eigenvalue weighted by atomic mass is 19.1. The van der Waals surface area contributed by atoms with Crippen molar-refractivity contribution in [3.8, 4) is 5.75 Å².